The molecule has 0 aliphatic heterocycles. The summed E-state index contributed by atoms with van der Waals surface area (Å²) in [6.45, 7) is 0. The van der Waals surface area contributed by atoms with E-state index in [0.717, 1.165) is 49.6 Å². The second-order valence-corrected chi connectivity index (χ2v) is 14.3. The predicted octanol–water partition coefficient (Wildman–Crippen LogP) is 13.1. The minimum absolute atomic E-state index is 0.615. The van der Waals surface area contributed by atoms with Crippen LogP contribution in [0.2, 0.25) is 0 Å². The molecule has 3 heterocycles. The van der Waals surface area contributed by atoms with E-state index >= 15 is 0 Å². The Kier molecular flexibility index (Phi) is 6.39. The summed E-state index contributed by atoms with van der Waals surface area (Å²) >= 11 is 1.79. The van der Waals surface area contributed by atoms with Crippen LogP contribution in [0.3, 0.4) is 0 Å². The molecule has 0 fully saturated rings. The van der Waals surface area contributed by atoms with Gasteiger partial charge in [0.15, 0.2) is 17.5 Å². The van der Waals surface area contributed by atoms with Crippen LogP contribution in [0, 0.1) is 0 Å². The molecular formula is C47H27N3OS. The third-order valence-electron chi connectivity index (χ3n) is 10.1. The van der Waals surface area contributed by atoms with E-state index in [1.54, 1.807) is 11.3 Å². The molecule has 0 amide bonds. The highest BCUT2D eigenvalue weighted by Gasteiger charge is 2.19. The monoisotopic (exact) mass is 681 g/mol. The third-order valence-corrected chi connectivity index (χ3v) is 11.2. The lowest BCUT2D eigenvalue weighted by Gasteiger charge is -2.11. The van der Waals surface area contributed by atoms with Gasteiger partial charge in [0.1, 0.15) is 11.2 Å². The van der Waals surface area contributed by atoms with Crippen LogP contribution in [0.25, 0.3) is 109 Å². The number of aromatic nitrogens is 3. The normalized spacial score (nSPS) is 11.8. The van der Waals surface area contributed by atoms with Crippen LogP contribution in [0.15, 0.2) is 168 Å². The lowest BCUT2D eigenvalue weighted by molar-refractivity contribution is 0.669. The Morgan fingerprint density at radius 1 is 0.365 bits per heavy atom. The molecule has 0 aliphatic rings. The van der Waals surface area contributed by atoms with Crippen molar-refractivity contribution in [3.05, 3.63) is 164 Å². The molecule has 3 aromatic heterocycles. The minimum atomic E-state index is 0.615. The average molecular weight is 682 g/mol. The van der Waals surface area contributed by atoms with Crippen molar-refractivity contribution in [1.82, 2.24) is 15.0 Å². The van der Waals surface area contributed by atoms with Gasteiger partial charge in [-0.2, -0.15) is 0 Å². The van der Waals surface area contributed by atoms with Gasteiger partial charge in [-0.05, 0) is 81.2 Å². The second kappa shape index (κ2) is 11.4. The number of benzene rings is 8. The zero-order valence-electron chi connectivity index (χ0n) is 27.7. The first-order valence-electron chi connectivity index (χ1n) is 17.3. The van der Waals surface area contributed by atoms with Crippen LogP contribution in [0.1, 0.15) is 0 Å². The second-order valence-electron chi connectivity index (χ2n) is 13.2. The molecular weight excluding hydrogens is 655 g/mol. The zero-order chi connectivity index (χ0) is 34.2. The van der Waals surface area contributed by atoms with Crippen molar-refractivity contribution < 1.29 is 4.42 Å². The van der Waals surface area contributed by atoms with Crippen molar-refractivity contribution in [3.8, 4) is 45.3 Å². The van der Waals surface area contributed by atoms with Crippen LogP contribution in [-0.4, -0.2) is 15.0 Å². The van der Waals surface area contributed by atoms with E-state index in [4.69, 9.17) is 19.4 Å². The summed E-state index contributed by atoms with van der Waals surface area (Å²) in [6.07, 6.45) is 0. The van der Waals surface area contributed by atoms with E-state index in [-0.39, 0.29) is 0 Å². The quantitative estimate of drug-likeness (QED) is 0.185. The highest BCUT2D eigenvalue weighted by Crippen LogP contribution is 2.41. The summed E-state index contributed by atoms with van der Waals surface area (Å²) in [6, 6.07) is 57.5. The highest BCUT2D eigenvalue weighted by atomic mass is 32.1. The summed E-state index contributed by atoms with van der Waals surface area (Å²) in [4.78, 5) is 15.7. The zero-order valence-corrected chi connectivity index (χ0v) is 28.6. The fourth-order valence-corrected chi connectivity index (χ4v) is 8.75. The molecule has 0 N–H and O–H groups in total. The third kappa shape index (κ3) is 4.64. The molecule has 0 bridgehead atoms. The van der Waals surface area contributed by atoms with E-state index in [0.29, 0.717) is 17.5 Å². The van der Waals surface area contributed by atoms with E-state index in [9.17, 15) is 0 Å². The van der Waals surface area contributed by atoms with Crippen molar-refractivity contribution in [2.45, 2.75) is 0 Å². The van der Waals surface area contributed by atoms with Crippen LogP contribution in [-0.2, 0) is 0 Å². The maximum absolute atomic E-state index is 6.35. The van der Waals surface area contributed by atoms with E-state index in [2.05, 4.69) is 158 Å². The fourth-order valence-electron chi connectivity index (χ4n) is 7.62. The fraction of sp³-hybridized carbons (Fsp3) is 0. The van der Waals surface area contributed by atoms with Gasteiger partial charge >= 0.3 is 0 Å². The van der Waals surface area contributed by atoms with E-state index in [1.165, 1.54) is 41.9 Å². The van der Waals surface area contributed by atoms with Crippen LogP contribution in [0.4, 0.5) is 0 Å². The Hall–Kier alpha value is -6.69. The van der Waals surface area contributed by atoms with Gasteiger partial charge in [-0.15, -0.1) is 11.3 Å². The summed E-state index contributed by atoms with van der Waals surface area (Å²) in [5.74, 6) is 1.89. The van der Waals surface area contributed by atoms with E-state index in [1.807, 2.05) is 6.07 Å². The molecule has 0 saturated heterocycles. The summed E-state index contributed by atoms with van der Waals surface area (Å²) < 4.78 is 8.80. The van der Waals surface area contributed by atoms with Crippen molar-refractivity contribution in [3.63, 3.8) is 0 Å². The van der Waals surface area contributed by atoms with Gasteiger partial charge in [0, 0.05) is 47.6 Å². The Bertz CT molecular complexity index is 3210. The molecule has 52 heavy (non-hydrogen) atoms. The number of furan rings is 1. The first-order chi connectivity index (χ1) is 25.7. The molecule has 0 atom stereocenters. The van der Waals surface area contributed by atoms with Gasteiger partial charge in [0.2, 0.25) is 0 Å². The molecule has 0 radical (unpaired) electrons. The van der Waals surface area contributed by atoms with Gasteiger partial charge in [0.25, 0.3) is 0 Å². The maximum Gasteiger partial charge on any atom is 0.164 e. The highest BCUT2D eigenvalue weighted by molar-refractivity contribution is 7.25. The topological polar surface area (TPSA) is 51.8 Å². The number of nitrogens with zero attached hydrogens (tertiary/aromatic N) is 3. The largest absolute Gasteiger partial charge is 0.456 e. The SMILES string of the molecule is c1cc(-c2nc(-c3ccc4oc5cc6ccccc6cc5c4c3)nc(-c3cccc4sc5ccccc5c34)n2)cc(-c2cccc3ccccc23)c1. The average Bonchev–Trinajstić information content (AvgIpc) is 3.77. The molecule has 5 heteroatoms. The van der Waals surface area contributed by atoms with Gasteiger partial charge < -0.3 is 4.42 Å². The molecule has 242 valence electrons. The van der Waals surface area contributed by atoms with Crippen molar-refractivity contribution in [2.75, 3.05) is 0 Å². The van der Waals surface area contributed by atoms with Crippen LogP contribution in [0.5, 0.6) is 0 Å². The first kappa shape index (κ1) is 29.1. The van der Waals surface area contributed by atoms with Crippen LogP contribution >= 0.6 is 11.3 Å². The Balaban J connectivity index is 1.14. The molecule has 4 nitrogen and oxygen atoms in total. The number of rotatable bonds is 4. The van der Waals surface area contributed by atoms with Crippen molar-refractivity contribution >= 4 is 75.0 Å². The standard InChI is InChI=1S/C47H27N3OS/c1-2-12-30-27-41-39(25-29(30)11-1)38-26-33(22-23-40(38)51-41)46-48-45(32-15-7-14-31(24-32)35-18-8-13-28-10-3-4-16-34(28)35)49-47(50-46)37-19-9-21-43-44(37)36-17-5-6-20-42(36)52-43/h1-27H. The molecule has 0 unspecified atom stereocenters. The summed E-state index contributed by atoms with van der Waals surface area (Å²) in [5.41, 5.74) is 6.81. The molecule has 11 aromatic rings. The molecule has 0 saturated carbocycles. The lowest BCUT2D eigenvalue weighted by Crippen LogP contribution is -2.00. The van der Waals surface area contributed by atoms with Gasteiger partial charge in [-0.1, -0.05) is 115 Å². The Morgan fingerprint density at radius 3 is 1.87 bits per heavy atom. The van der Waals surface area contributed by atoms with Crippen molar-refractivity contribution in [2.24, 2.45) is 0 Å². The Labute approximate surface area is 302 Å². The number of fused-ring (bicyclic) bond motifs is 8. The molecule has 0 aliphatic carbocycles. The van der Waals surface area contributed by atoms with Gasteiger partial charge in [0.05, 0.1) is 0 Å². The number of hydrogen-bond acceptors (Lipinski definition) is 5. The smallest absolute Gasteiger partial charge is 0.164 e. The summed E-state index contributed by atoms with van der Waals surface area (Å²) in [7, 11) is 0. The molecule has 11 rings (SSSR count). The minimum Gasteiger partial charge on any atom is -0.456 e. The van der Waals surface area contributed by atoms with Crippen LogP contribution < -0.4 is 0 Å². The first-order valence-corrected chi connectivity index (χ1v) is 18.2. The van der Waals surface area contributed by atoms with Gasteiger partial charge in [-0.25, -0.2) is 15.0 Å². The maximum atomic E-state index is 6.35. The lowest BCUT2D eigenvalue weighted by atomic mass is 9.97. The summed E-state index contributed by atoms with van der Waals surface area (Å²) in [5, 5.41) is 9.23. The molecule has 0 spiro atoms. The Morgan fingerprint density at radius 2 is 0.981 bits per heavy atom. The molecule has 8 aromatic carbocycles. The number of hydrogen-bond donors (Lipinski definition) is 0. The van der Waals surface area contributed by atoms with E-state index < -0.39 is 0 Å². The van der Waals surface area contributed by atoms with Gasteiger partial charge in [-0.3, -0.25) is 0 Å². The predicted molar refractivity (Wildman–Crippen MR) is 217 cm³/mol. The van der Waals surface area contributed by atoms with Crippen molar-refractivity contribution in [1.29, 1.82) is 0 Å². The number of thiophene rings is 1.